The Bertz CT molecular complexity index is 641. The molecule has 0 heterocycles. The second-order valence-corrected chi connectivity index (χ2v) is 4.90. The molecule has 0 saturated heterocycles. The van der Waals surface area contributed by atoms with Gasteiger partial charge in [-0.15, -0.1) is 0 Å². The number of hydrogen-bond donors (Lipinski definition) is 2. The molecule has 0 fully saturated rings. The highest BCUT2D eigenvalue weighted by Gasteiger charge is 2.09. The molecule has 0 bridgehead atoms. The van der Waals surface area contributed by atoms with Crippen LogP contribution in [0.25, 0.3) is 0 Å². The highest BCUT2D eigenvalue weighted by molar-refractivity contribution is 5.92. The average Bonchev–Trinajstić information content (AvgIpc) is 2.53. The maximum atomic E-state index is 12.0. The Morgan fingerprint density at radius 1 is 1.23 bits per heavy atom. The Labute approximate surface area is 130 Å². The van der Waals surface area contributed by atoms with Gasteiger partial charge in [0.15, 0.2) is 6.61 Å². The molecule has 1 amide bonds. The van der Waals surface area contributed by atoms with Gasteiger partial charge >= 0.3 is 0 Å². The molecule has 0 spiro atoms. The minimum atomic E-state index is -0.243. The predicted molar refractivity (Wildman–Crippen MR) is 86.2 cm³/mol. The standard InChI is InChI=1S/C17H20N2O3/c1-12(18)15-8-3-4-9-16(15)22-11-17(20)19-13-6-5-7-14(10-13)21-2/h3-10,12H,11,18H2,1-2H3,(H,19,20). The Morgan fingerprint density at radius 2 is 2.00 bits per heavy atom. The lowest BCUT2D eigenvalue weighted by molar-refractivity contribution is -0.118. The smallest absolute Gasteiger partial charge is 0.262 e. The van der Waals surface area contributed by atoms with Crippen molar-refractivity contribution in [2.24, 2.45) is 5.73 Å². The number of amides is 1. The number of carbonyl (C=O) groups excluding carboxylic acids is 1. The fraction of sp³-hybridized carbons (Fsp3) is 0.235. The zero-order chi connectivity index (χ0) is 15.9. The molecule has 0 aromatic heterocycles. The molecule has 0 aliphatic rings. The predicted octanol–water partition coefficient (Wildman–Crippen LogP) is 2.73. The third-order valence-corrected chi connectivity index (χ3v) is 3.12. The van der Waals surface area contributed by atoms with E-state index in [1.807, 2.05) is 31.2 Å². The molecular weight excluding hydrogens is 280 g/mol. The van der Waals surface area contributed by atoms with Crippen molar-refractivity contribution >= 4 is 11.6 Å². The zero-order valence-corrected chi connectivity index (χ0v) is 12.7. The number of ether oxygens (including phenoxy) is 2. The molecule has 116 valence electrons. The van der Waals surface area contributed by atoms with Gasteiger partial charge in [-0.2, -0.15) is 0 Å². The molecule has 0 aliphatic heterocycles. The number of benzene rings is 2. The minimum absolute atomic E-state index is 0.0824. The van der Waals surface area contributed by atoms with Gasteiger partial charge in [-0.1, -0.05) is 24.3 Å². The van der Waals surface area contributed by atoms with Gasteiger partial charge in [0.05, 0.1) is 7.11 Å². The second kappa shape index (κ2) is 7.47. The van der Waals surface area contributed by atoms with E-state index in [4.69, 9.17) is 15.2 Å². The zero-order valence-electron chi connectivity index (χ0n) is 12.7. The number of anilines is 1. The van der Waals surface area contributed by atoms with E-state index in [1.54, 1.807) is 31.4 Å². The molecule has 1 unspecified atom stereocenters. The van der Waals surface area contributed by atoms with Gasteiger partial charge in [-0.05, 0) is 25.1 Å². The molecule has 0 aliphatic carbocycles. The van der Waals surface area contributed by atoms with Crippen LogP contribution in [0.1, 0.15) is 18.5 Å². The van der Waals surface area contributed by atoms with Gasteiger partial charge in [0, 0.05) is 23.4 Å². The summed E-state index contributed by atoms with van der Waals surface area (Å²) in [5.41, 5.74) is 7.41. The normalized spacial score (nSPS) is 11.6. The fourth-order valence-electron chi connectivity index (χ4n) is 2.03. The van der Waals surface area contributed by atoms with E-state index in [2.05, 4.69) is 5.32 Å². The second-order valence-electron chi connectivity index (χ2n) is 4.90. The van der Waals surface area contributed by atoms with Crippen LogP contribution in [0.15, 0.2) is 48.5 Å². The molecule has 1 atom stereocenters. The van der Waals surface area contributed by atoms with Crippen molar-refractivity contribution in [3.05, 3.63) is 54.1 Å². The quantitative estimate of drug-likeness (QED) is 0.860. The molecule has 0 saturated carbocycles. The maximum absolute atomic E-state index is 12.0. The Balaban J connectivity index is 1.95. The van der Waals surface area contributed by atoms with E-state index < -0.39 is 0 Å². The maximum Gasteiger partial charge on any atom is 0.262 e. The third-order valence-electron chi connectivity index (χ3n) is 3.12. The first-order valence-corrected chi connectivity index (χ1v) is 7.01. The lowest BCUT2D eigenvalue weighted by Gasteiger charge is -2.13. The monoisotopic (exact) mass is 300 g/mol. The Morgan fingerprint density at radius 3 is 2.73 bits per heavy atom. The number of nitrogens with two attached hydrogens (primary N) is 1. The first kappa shape index (κ1) is 15.9. The summed E-state index contributed by atoms with van der Waals surface area (Å²) < 4.78 is 10.7. The summed E-state index contributed by atoms with van der Waals surface area (Å²) in [6.07, 6.45) is 0. The molecule has 5 nitrogen and oxygen atoms in total. The molecular formula is C17H20N2O3. The summed E-state index contributed by atoms with van der Waals surface area (Å²) in [7, 11) is 1.58. The highest BCUT2D eigenvalue weighted by atomic mass is 16.5. The van der Waals surface area contributed by atoms with E-state index in [-0.39, 0.29) is 18.6 Å². The van der Waals surface area contributed by atoms with Crippen molar-refractivity contribution in [3.8, 4) is 11.5 Å². The van der Waals surface area contributed by atoms with Crippen LogP contribution in [0, 0.1) is 0 Å². The molecule has 22 heavy (non-hydrogen) atoms. The number of rotatable bonds is 6. The van der Waals surface area contributed by atoms with E-state index in [9.17, 15) is 4.79 Å². The van der Waals surface area contributed by atoms with Crippen LogP contribution in [0.4, 0.5) is 5.69 Å². The van der Waals surface area contributed by atoms with Crippen LogP contribution < -0.4 is 20.5 Å². The van der Waals surface area contributed by atoms with Gasteiger partial charge in [-0.3, -0.25) is 4.79 Å². The summed E-state index contributed by atoms with van der Waals surface area (Å²) >= 11 is 0. The number of hydrogen-bond acceptors (Lipinski definition) is 4. The van der Waals surface area contributed by atoms with E-state index >= 15 is 0 Å². The average molecular weight is 300 g/mol. The van der Waals surface area contributed by atoms with Gasteiger partial charge in [0.1, 0.15) is 11.5 Å². The van der Waals surface area contributed by atoms with Gasteiger partial charge < -0.3 is 20.5 Å². The minimum Gasteiger partial charge on any atom is -0.497 e. The fourth-order valence-corrected chi connectivity index (χ4v) is 2.03. The lowest BCUT2D eigenvalue weighted by Crippen LogP contribution is -2.21. The number of carbonyl (C=O) groups is 1. The third kappa shape index (κ3) is 4.23. The van der Waals surface area contributed by atoms with Crippen molar-refractivity contribution in [2.45, 2.75) is 13.0 Å². The van der Waals surface area contributed by atoms with Crippen LogP contribution in [0.2, 0.25) is 0 Å². The van der Waals surface area contributed by atoms with Crippen molar-refractivity contribution in [1.82, 2.24) is 0 Å². The van der Waals surface area contributed by atoms with Gasteiger partial charge in [0.25, 0.3) is 5.91 Å². The van der Waals surface area contributed by atoms with Crippen molar-refractivity contribution in [2.75, 3.05) is 19.0 Å². The molecule has 2 aromatic carbocycles. The van der Waals surface area contributed by atoms with Crippen LogP contribution in [0.3, 0.4) is 0 Å². The molecule has 2 aromatic rings. The first-order chi connectivity index (χ1) is 10.6. The van der Waals surface area contributed by atoms with Crippen molar-refractivity contribution in [3.63, 3.8) is 0 Å². The van der Waals surface area contributed by atoms with Gasteiger partial charge in [0.2, 0.25) is 0 Å². The molecule has 3 N–H and O–H groups in total. The van der Waals surface area contributed by atoms with Crippen LogP contribution in [-0.2, 0) is 4.79 Å². The van der Waals surface area contributed by atoms with E-state index in [0.717, 1.165) is 5.56 Å². The summed E-state index contributed by atoms with van der Waals surface area (Å²) in [4.78, 5) is 12.0. The number of methoxy groups -OCH3 is 1. The Hall–Kier alpha value is -2.53. The molecule has 5 heteroatoms. The topological polar surface area (TPSA) is 73.6 Å². The largest absolute Gasteiger partial charge is 0.497 e. The van der Waals surface area contributed by atoms with E-state index in [0.29, 0.717) is 17.2 Å². The molecule has 2 rings (SSSR count). The van der Waals surface area contributed by atoms with Crippen LogP contribution in [0.5, 0.6) is 11.5 Å². The lowest BCUT2D eigenvalue weighted by atomic mass is 10.1. The first-order valence-electron chi connectivity index (χ1n) is 7.01. The molecule has 0 radical (unpaired) electrons. The van der Waals surface area contributed by atoms with Crippen LogP contribution in [-0.4, -0.2) is 19.6 Å². The number of para-hydroxylation sites is 1. The Kier molecular flexibility index (Phi) is 5.38. The SMILES string of the molecule is COc1cccc(NC(=O)COc2ccccc2C(C)N)c1. The summed E-state index contributed by atoms with van der Waals surface area (Å²) in [6.45, 7) is 1.79. The van der Waals surface area contributed by atoms with E-state index in [1.165, 1.54) is 0 Å². The number of nitrogens with one attached hydrogen (secondary N) is 1. The highest BCUT2D eigenvalue weighted by Crippen LogP contribution is 2.23. The summed E-state index contributed by atoms with van der Waals surface area (Å²) in [5, 5.41) is 2.76. The van der Waals surface area contributed by atoms with Gasteiger partial charge in [-0.25, -0.2) is 0 Å². The van der Waals surface area contributed by atoms with Crippen molar-refractivity contribution < 1.29 is 14.3 Å². The van der Waals surface area contributed by atoms with Crippen molar-refractivity contribution in [1.29, 1.82) is 0 Å². The van der Waals surface area contributed by atoms with Crippen LogP contribution >= 0.6 is 0 Å². The summed E-state index contributed by atoms with van der Waals surface area (Å²) in [5.74, 6) is 1.06. The summed E-state index contributed by atoms with van der Waals surface area (Å²) in [6, 6.07) is 14.4.